The number of carbonyl (C=O) groups excluding carboxylic acids is 3. The number of hydrogen-bond donors (Lipinski definition) is 0. The molecule has 0 N–H and O–H groups in total. The molecule has 0 radical (unpaired) electrons. The van der Waals surface area contributed by atoms with E-state index in [0.29, 0.717) is 4.88 Å². The van der Waals surface area contributed by atoms with Crippen LogP contribution in [0, 0.1) is 11.8 Å². The van der Waals surface area contributed by atoms with Gasteiger partial charge in [-0.15, -0.1) is 11.3 Å². The molecule has 6 rings (SSSR count). The Morgan fingerprint density at radius 2 is 1.69 bits per heavy atom. The zero-order valence-electron chi connectivity index (χ0n) is 18.0. The van der Waals surface area contributed by atoms with Gasteiger partial charge in [-0.25, -0.2) is 4.90 Å². The monoisotopic (exact) mass is 494 g/mol. The lowest BCUT2D eigenvalue weighted by molar-refractivity contribution is -0.137. The van der Waals surface area contributed by atoms with Crippen LogP contribution in [0.5, 0.6) is 0 Å². The molecule has 3 aromatic rings. The molecule has 2 fully saturated rings. The highest BCUT2D eigenvalue weighted by Crippen LogP contribution is 2.54. The minimum atomic E-state index is -4.63. The van der Waals surface area contributed by atoms with E-state index in [1.807, 2.05) is 30.3 Å². The minimum absolute atomic E-state index is 0.141. The number of carbonyl (C=O) groups is 3. The molecule has 4 heterocycles. The lowest BCUT2D eigenvalue weighted by Crippen LogP contribution is -2.44. The number of benzene rings is 2. The van der Waals surface area contributed by atoms with Crippen LogP contribution in [0.2, 0.25) is 0 Å². The maximum atomic E-state index is 13.7. The number of amides is 2. The van der Waals surface area contributed by atoms with Crippen LogP contribution in [-0.4, -0.2) is 28.5 Å². The molecule has 0 aliphatic carbocycles. The lowest BCUT2D eigenvalue weighted by Gasteiger charge is -2.35. The Balaban J connectivity index is 1.49. The van der Waals surface area contributed by atoms with Crippen molar-refractivity contribution in [1.82, 2.24) is 4.90 Å². The van der Waals surface area contributed by atoms with Crippen LogP contribution in [0.3, 0.4) is 0 Å². The molecule has 0 saturated carbocycles. The van der Waals surface area contributed by atoms with E-state index in [1.54, 1.807) is 28.6 Å². The molecule has 0 spiro atoms. The first-order chi connectivity index (χ1) is 16.8. The molecule has 1 aromatic heterocycles. The van der Waals surface area contributed by atoms with E-state index in [4.69, 9.17) is 0 Å². The first-order valence-electron chi connectivity index (χ1n) is 10.9. The van der Waals surface area contributed by atoms with E-state index >= 15 is 0 Å². The summed E-state index contributed by atoms with van der Waals surface area (Å²) in [6, 6.07) is 13.5. The minimum Gasteiger partial charge on any atom is -0.358 e. The second-order valence-corrected chi connectivity index (χ2v) is 9.68. The van der Waals surface area contributed by atoms with E-state index in [9.17, 15) is 27.6 Å². The van der Waals surface area contributed by atoms with Crippen molar-refractivity contribution >= 4 is 40.7 Å². The summed E-state index contributed by atoms with van der Waals surface area (Å²) in [6.45, 7) is 0. The fourth-order valence-electron chi connectivity index (χ4n) is 5.50. The van der Waals surface area contributed by atoms with E-state index in [0.717, 1.165) is 28.2 Å². The summed E-state index contributed by atoms with van der Waals surface area (Å²) in [5.41, 5.74) is 0.581. The maximum Gasteiger partial charge on any atom is 0.416 e. The average molecular weight is 494 g/mol. The fraction of sp³-hybridized carbons (Fsp3) is 0.192. The fourth-order valence-corrected chi connectivity index (χ4v) is 6.20. The number of ketones is 1. The molecule has 0 unspecified atom stereocenters. The van der Waals surface area contributed by atoms with Crippen LogP contribution in [0.15, 0.2) is 72.2 Å². The third-order valence-electron chi connectivity index (χ3n) is 6.93. The summed E-state index contributed by atoms with van der Waals surface area (Å²) in [7, 11) is 0. The molecule has 176 valence electrons. The normalized spacial score (nSPS) is 25.0. The molecular formula is C26H17F3N2O3S. The Hall–Kier alpha value is -3.72. The number of rotatable bonds is 3. The highest BCUT2D eigenvalue weighted by Gasteiger charge is 2.64. The Morgan fingerprint density at radius 3 is 2.43 bits per heavy atom. The molecule has 2 amide bonds. The number of anilines is 1. The largest absolute Gasteiger partial charge is 0.416 e. The van der Waals surface area contributed by atoms with Gasteiger partial charge in [0.25, 0.3) is 0 Å². The van der Waals surface area contributed by atoms with Gasteiger partial charge >= 0.3 is 6.18 Å². The van der Waals surface area contributed by atoms with E-state index < -0.39 is 47.5 Å². The van der Waals surface area contributed by atoms with Crippen molar-refractivity contribution in [3.63, 3.8) is 0 Å². The van der Waals surface area contributed by atoms with Crippen molar-refractivity contribution < 1.29 is 27.6 Å². The summed E-state index contributed by atoms with van der Waals surface area (Å²) < 4.78 is 40.0. The first kappa shape index (κ1) is 21.8. The zero-order valence-corrected chi connectivity index (χ0v) is 18.8. The number of nitrogens with zero attached hydrogens (tertiary/aromatic N) is 2. The number of Topliss-reactive ketones (excluding diaryl/α,β-unsaturated/α-hetero) is 1. The smallest absolute Gasteiger partial charge is 0.358 e. The Labute approximate surface area is 202 Å². The summed E-state index contributed by atoms with van der Waals surface area (Å²) in [4.78, 5) is 44.1. The van der Waals surface area contributed by atoms with Gasteiger partial charge in [-0.2, -0.15) is 13.2 Å². The predicted octanol–water partition coefficient (Wildman–Crippen LogP) is 5.17. The molecule has 35 heavy (non-hydrogen) atoms. The summed E-state index contributed by atoms with van der Waals surface area (Å²) in [5, 5.41) is 1.76. The number of fused-ring (bicyclic) bond motifs is 5. The Morgan fingerprint density at radius 1 is 0.914 bits per heavy atom. The van der Waals surface area contributed by atoms with Gasteiger partial charge in [0.1, 0.15) is 6.04 Å². The number of thiophene rings is 1. The quantitative estimate of drug-likeness (QED) is 0.373. The standard InChI is InChI=1S/C26H17F3N2O3S/c27-26(28,29)15-6-3-7-16(13-15)31-24(33)19-20(25(31)34)22(23(32)18-9-4-12-35-18)30-11-10-14-5-1-2-8-17(14)21(19)30/h1-13,19-22H/t19-,20+,21+,22-/m0/s1. The lowest BCUT2D eigenvalue weighted by atomic mass is 9.84. The van der Waals surface area contributed by atoms with Gasteiger partial charge in [0.15, 0.2) is 5.78 Å². The average Bonchev–Trinajstić information content (AvgIpc) is 3.55. The van der Waals surface area contributed by atoms with Crippen molar-refractivity contribution in [3.05, 3.63) is 93.8 Å². The predicted molar refractivity (Wildman–Crippen MR) is 123 cm³/mol. The maximum absolute atomic E-state index is 13.7. The highest BCUT2D eigenvalue weighted by molar-refractivity contribution is 7.12. The second-order valence-electron chi connectivity index (χ2n) is 8.73. The van der Waals surface area contributed by atoms with Gasteiger partial charge in [0, 0.05) is 6.20 Å². The van der Waals surface area contributed by atoms with Crippen LogP contribution in [-0.2, 0) is 15.8 Å². The second kappa shape index (κ2) is 7.64. The highest BCUT2D eigenvalue weighted by atomic mass is 32.1. The van der Waals surface area contributed by atoms with Crippen molar-refractivity contribution in [2.75, 3.05) is 4.90 Å². The zero-order chi connectivity index (χ0) is 24.5. The molecule has 2 saturated heterocycles. The molecule has 4 atom stereocenters. The van der Waals surface area contributed by atoms with Crippen LogP contribution < -0.4 is 4.90 Å². The summed E-state index contributed by atoms with van der Waals surface area (Å²) in [6.07, 6.45) is -1.03. The van der Waals surface area contributed by atoms with Crippen molar-refractivity contribution in [2.24, 2.45) is 11.8 Å². The van der Waals surface area contributed by atoms with Crippen LogP contribution >= 0.6 is 11.3 Å². The van der Waals surface area contributed by atoms with Gasteiger partial charge in [-0.05, 0) is 46.8 Å². The molecule has 0 bridgehead atoms. The van der Waals surface area contributed by atoms with E-state index in [-0.39, 0.29) is 11.5 Å². The third-order valence-corrected chi connectivity index (χ3v) is 7.81. The molecule has 3 aliphatic rings. The molecule has 5 nitrogen and oxygen atoms in total. The first-order valence-corrected chi connectivity index (χ1v) is 11.8. The number of halogens is 3. The van der Waals surface area contributed by atoms with Crippen LogP contribution in [0.25, 0.3) is 6.08 Å². The van der Waals surface area contributed by atoms with Crippen molar-refractivity contribution in [1.29, 1.82) is 0 Å². The van der Waals surface area contributed by atoms with Gasteiger partial charge in [-0.3, -0.25) is 14.4 Å². The number of alkyl halides is 3. The van der Waals surface area contributed by atoms with Crippen molar-refractivity contribution in [3.8, 4) is 0 Å². The topological polar surface area (TPSA) is 57.7 Å². The van der Waals surface area contributed by atoms with E-state index in [1.165, 1.54) is 23.5 Å². The summed E-state index contributed by atoms with van der Waals surface area (Å²) in [5.74, 6) is -3.46. The molecule has 2 aromatic carbocycles. The SMILES string of the molecule is O=C(c1cccs1)[C@@H]1[C@@H]2C(=O)N(c3cccc(C(F)(F)F)c3)C(=O)[C@@H]2[C@H]2c3ccccc3C=CN12. The third kappa shape index (κ3) is 3.18. The number of imide groups is 1. The van der Waals surface area contributed by atoms with Gasteiger partial charge in [0.2, 0.25) is 11.8 Å². The number of hydrogen-bond acceptors (Lipinski definition) is 5. The summed E-state index contributed by atoms with van der Waals surface area (Å²) >= 11 is 1.25. The Kier molecular flexibility index (Phi) is 4.76. The van der Waals surface area contributed by atoms with Crippen molar-refractivity contribution in [2.45, 2.75) is 18.3 Å². The molecule has 9 heteroatoms. The Bertz CT molecular complexity index is 1400. The van der Waals surface area contributed by atoms with Crippen LogP contribution in [0.4, 0.5) is 18.9 Å². The van der Waals surface area contributed by atoms with Gasteiger partial charge in [0.05, 0.1) is 34.0 Å². The molecule has 3 aliphatic heterocycles. The van der Waals surface area contributed by atoms with E-state index in [2.05, 4.69) is 0 Å². The molecular weight excluding hydrogens is 477 g/mol. The van der Waals surface area contributed by atoms with Gasteiger partial charge in [-0.1, -0.05) is 36.4 Å². The van der Waals surface area contributed by atoms with Gasteiger partial charge < -0.3 is 4.90 Å². The van der Waals surface area contributed by atoms with Crippen LogP contribution in [0.1, 0.15) is 32.4 Å².